The molecule has 2 aromatic rings. The van der Waals surface area contributed by atoms with Crippen LogP contribution in [0.25, 0.3) is 0 Å². The van der Waals surface area contributed by atoms with Crippen LogP contribution in [0.1, 0.15) is 38.2 Å². The number of phenolic OH excluding ortho intramolecular Hbond substituents is 1. The Balaban J connectivity index is 2.53. The number of phenols is 1. The molecule has 0 bridgehead atoms. The molecule has 33 heavy (non-hydrogen) atoms. The Labute approximate surface area is 196 Å². The zero-order valence-electron chi connectivity index (χ0n) is 20.4. The van der Waals surface area contributed by atoms with Gasteiger partial charge in [-0.3, -0.25) is 9.52 Å². The molecule has 0 atom stereocenters. The number of hydrogen-bond acceptors (Lipinski definition) is 6. The Morgan fingerprint density at radius 1 is 0.939 bits per heavy atom. The van der Waals surface area contributed by atoms with Crippen molar-refractivity contribution in [3.05, 3.63) is 51.6 Å². The van der Waals surface area contributed by atoms with E-state index in [9.17, 15) is 18.3 Å². The molecular weight excluding hydrogens is 444 g/mol. The fourth-order valence-electron chi connectivity index (χ4n) is 3.85. The molecule has 2 aromatic carbocycles. The van der Waals surface area contributed by atoms with Gasteiger partial charge in [0.1, 0.15) is 5.75 Å². The van der Waals surface area contributed by atoms with Crippen LogP contribution in [-0.2, 0) is 19.5 Å². The minimum atomic E-state index is -3.93. The molecule has 0 aromatic heterocycles. The average Bonchev–Trinajstić information content (AvgIpc) is 2.72. The van der Waals surface area contributed by atoms with Gasteiger partial charge in [-0.2, -0.15) is 0 Å². The van der Waals surface area contributed by atoms with Gasteiger partial charge in [0.25, 0.3) is 15.9 Å². The van der Waals surface area contributed by atoms with Crippen molar-refractivity contribution in [1.82, 2.24) is 4.90 Å². The van der Waals surface area contributed by atoms with Crippen molar-refractivity contribution in [2.75, 3.05) is 45.2 Å². The fourth-order valence-corrected chi connectivity index (χ4v) is 5.42. The molecule has 2 rings (SSSR count). The van der Waals surface area contributed by atoms with E-state index >= 15 is 0 Å². The summed E-state index contributed by atoms with van der Waals surface area (Å²) in [7, 11) is -0.859. The first-order chi connectivity index (χ1) is 15.4. The third kappa shape index (κ3) is 6.04. The molecule has 0 aliphatic rings. The SMILES string of the molecule is COCCN(CCOC)C(=O)c1cc(NS(=O)(=O)c2c(C)cc(C)cc2C)c(C)c(C)c1O. The van der Waals surface area contributed by atoms with Gasteiger partial charge in [0, 0.05) is 27.3 Å². The number of methoxy groups -OCH3 is 2. The highest BCUT2D eigenvalue weighted by atomic mass is 32.2. The van der Waals surface area contributed by atoms with E-state index in [1.54, 1.807) is 27.7 Å². The van der Waals surface area contributed by atoms with Crippen LogP contribution in [0.4, 0.5) is 5.69 Å². The van der Waals surface area contributed by atoms with E-state index in [-0.39, 0.29) is 21.9 Å². The van der Waals surface area contributed by atoms with Crippen molar-refractivity contribution in [3.8, 4) is 5.75 Å². The Morgan fingerprint density at radius 3 is 1.94 bits per heavy atom. The molecule has 0 spiro atoms. The van der Waals surface area contributed by atoms with E-state index in [1.165, 1.54) is 25.2 Å². The smallest absolute Gasteiger partial charge is 0.262 e. The highest BCUT2D eigenvalue weighted by molar-refractivity contribution is 7.92. The number of carbonyl (C=O) groups excluding carboxylic acids is 1. The minimum absolute atomic E-state index is 0.0142. The van der Waals surface area contributed by atoms with Gasteiger partial charge in [-0.05, 0) is 62.9 Å². The maximum absolute atomic E-state index is 13.3. The summed E-state index contributed by atoms with van der Waals surface area (Å²) in [5.74, 6) is -0.615. The number of amides is 1. The molecule has 1 amide bonds. The van der Waals surface area contributed by atoms with Crippen molar-refractivity contribution in [1.29, 1.82) is 0 Å². The summed E-state index contributed by atoms with van der Waals surface area (Å²) in [5, 5.41) is 10.7. The number of carbonyl (C=O) groups is 1. The molecule has 0 radical (unpaired) electrons. The average molecular weight is 479 g/mol. The zero-order valence-corrected chi connectivity index (χ0v) is 21.2. The van der Waals surface area contributed by atoms with Crippen LogP contribution in [0.15, 0.2) is 23.1 Å². The van der Waals surface area contributed by atoms with Crippen molar-refractivity contribution in [2.24, 2.45) is 0 Å². The number of nitrogens with zero attached hydrogens (tertiary/aromatic N) is 1. The van der Waals surface area contributed by atoms with Gasteiger partial charge < -0.3 is 19.5 Å². The van der Waals surface area contributed by atoms with Crippen LogP contribution in [0, 0.1) is 34.6 Å². The number of rotatable bonds is 10. The fraction of sp³-hybridized carbons (Fsp3) is 0.458. The second-order valence-electron chi connectivity index (χ2n) is 8.18. The number of aromatic hydroxyl groups is 1. The molecule has 0 aliphatic carbocycles. The van der Waals surface area contributed by atoms with E-state index in [4.69, 9.17) is 9.47 Å². The number of sulfonamides is 1. The number of aryl methyl sites for hydroxylation is 3. The molecule has 0 fully saturated rings. The highest BCUT2D eigenvalue weighted by Gasteiger charge is 2.26. The zero-order chi connectivity index (χ0) is 24.9. The van der Waals surface area contributed by atoms with Gasteiger partial charge in [0.05, 0.1) is 29.4 Å². The number of nitrogens with one attached hydrogen (secondary N) is 1. The minimum Gasteiger partial charge on any atom is -0.507 e. The van der Waals surface area contributed by atoms with Gasteiger partial charge in [-0.25, -0.2) is 8.42 Å². The standard InChI is InChI=1S/C24H34N2O6S/c1-15-12-16(2)23(17(3)13-15)33(29,30)25-21-14-20(22(27)19(5)18(21)4)24(28)26(8-10-31-6)9-11-32-7/h12-14,25,27H,8-11H2,1-7H3. The van der Waals surface area contributed by atoms with Crippen molar-refractivity contribution in [2.45, 2.75) is 39.5 Å². The summed E-state index contributed by atoms with van der Waals surface area (Å²) in [6.45, 7) is 9.98. The van der Waals surface area contributed by atoms with Crippen LogP contribution in [0.2, 0.25) is 0 Å². The Bertz CT molecular complexity index is 1100. The largest absolute Gasteiger partial charge is 0.507 e. The Morgan fingerprint density at radius 2 is 1.45 bits per heavy atom. The summed E-state index contributed by atoms with van der Waals surface area (Å²) in [6, 6.07) is 5.02. The van der Waals surface area contributed by atoms with Crippen molar-refractivity contribution in [3.63, 3.8) is 0 Å². The first kappa shape index (κ1) is 26.6. The second kappa shape index (κ2) is 11.0. The lowest BCUT2D eigenvalue weighted by atomic mass is 10.0. The van der Waals surface area contributed by atoms with Gasteiger partial charge in [0.15, 0.2) is 0 Å². The molecule has 0 saturated carbocycles. The molecule has 182 valence electrons. The van der Waals surface area contributed by atoms with Crippen molar-refractivity contribution >= 4 is 21.6 Å². The molecule has 0 saturated heterocycles. The predicted molar refractivity (Wildman–Crippen MR) is 129 cm³/mol. The molecule has 8 nitrogen and oxygen atoms in total. The quantitative estimate of drug-likeness (QED) is 0.507. The van der Waals surface area contributed by atoms with E-state index in [0.29, 0.717) is 48.6 Å². The molecule has 9 heteroatoms. The first-order valence-corrected chi connectivity index (χ1v) is 12.1. The van der Waals surface area contributed by atoms with Gasteiger partial charge >= 0.3 is 0 Å². The summed E-state index contributed by atoms with van der Waals surface area (Å²) in [6.07, 6.45) is 0. The van der Waals surface area contributed by atoms with Crippen LogP contribution >= 0.6 is 0 Å². The Kier molecular flexibility index (Phi) is 8.88. The van der Waals surface area contributed by atoms with Gasteiger partial charge in [-0.15, -0.1) is 0 Å². The van der Waals surface area contributed by atoms with Crippen LogP contribution in [-0.4, -0.2) is 64.9 Å². The lowest BCUT2D eigenvalue weighted by Crippen LogP contribution is -2.36. The van der Waals surface area contributed by atoms with Crippen LogP contribution in [0.5, 0.6) is 5.75 Å². The van der Waals surface area contributed by atoms with Crippen LogP contribution in [0.3, 0.4) is 0 Å². The van der Waals surface area contributed by atoms with E-state index in [2.05, 4.69) is 4.72 Å². The third-order valence-corrected chi connectivity index (χ3v) is 7.30. The highest BCUT2D eigenvalue weighted by Crippen LogP contribution is 2.34. The number of ether oxygens (including phenoxy) is 2. The van der Waals surface area contributed by atoms with E-state index in [1.807, 2.05) is 19.1 Å². The van der Waals surface area contributed by atoms with E-state index in [0.717, 1.165) is 5.56 Å². The van der Waals surface area contributed by atoms with E-state index < -0.39 is 15.9 Å². The summed E-state index contributed by atoms with van der Waals surface area (Å²) in [5.41, 5.74) is 3.46. The number of hydrogen-bond donors (Lipinski definition) is 2. The predicted octanol–water partition coefficient (Wildman–Crippen LogP) is 3.47. The summed E-state index contributed by atoms with van der Waals surface area (Å²) in [4.78, 5) is 15.0. The molecule has 0 aliphatic heterocycles. The van der Waals surface area contributed by atoms with Crippen LogP contribution < -0.4 is 4.72 Å². The Hall–Kier alpha value is -2.62. The molecule has 2 N–H and O–H groups in total. The lowest BCUT2D eigenvalue weighted by Gasteiger charge is -2.24. The molecular formula is C24H34N2O6S. The molecule has 0 unspecified atom stereocenters. The topological polar surface area (TPSA) is 105 Å². The first-order valence-electron chi connectivity index (χ1n) is 10.7. The number of benzene rings is 2. The number of anilines is 1. The summed E-state index contributed by atoms with van der Waals surface area (Å²) < 4.78 is 39.4. The lowest BCUT2D eigenvalue weighted by molar-refractivity contribution is 0.0624. The summed E-state index contributed by atoms with van der Waals surface area (Å²) >= 11 is 0. The normalized spacial score (nSPS) is 11.5. The monoisotopic (exact) mass is 478 g/mol. The maximum Gasteiger partial charge on any atom is 0.262 e. The second-order valence-corrected chi connectivity index (χ2v) is 9.80. The van der Waals surface area contributed by atoms with Gasteiger partial charge in [-0.1, -0.05) is 17.7 Å². The maximum atomic E-state index is 13.3. The van der Waals surface area contributed by atoms with Gasteiger partial charge in [0.2, 0.25) is 0 Å². The third-order valence-electron chi connectivity index (χ3n) is 5.63. The van der Waals surface area contributed by atoms with Crippen molar-refractivity contribution < 1.29 is 27.8 Å². The molecule has 0 heterocycles.